The number of nitrogens with zero attached hydrogens (tertiary/aromatic N) is 3. The topological polar surface area (TPSA) is 145 Å². The molecule has 11 heteroatoms. The fourth-order valence-electron chi connectivity index (χ4n) is 1.99. The molecule has 0 aliphatic carbocycles. The molecule has 0 aromatic carbocycles. The van der Waals surface area contributed by atoms with Gasteiger partial charge in [-0.15, -0.1) is 5.10 Å². The number of aromatic nitrogens is 3. The molecular weight excluding hydrogens is 337 g/mol. The average Bonchev–Trinajstić information content (AvgIpc) is 2.88. The van der Waals surface area contributed by atoms with E-state index < -0.39 is 13.5 Å². The molecule has 0 radical (unpaired) electrons. The zero-order valence-corrected chi connectivity index (χ0v) is 15.0. The van der Waals surface area contributed by atoms with Crippen LogP contribution in [-0.2, 0) is 25.1 Å². The van der Waals surface area contributed by atoms with Gasteiger partial charge in [0.05, 0.1) is 19.4 Å². The highest BCUT2D eigenvalue weighted by Crippen LogP contribution is 2.48. The maximum absolute atomic E-state index is 12.2. The Morgan fingerprint density at radius 2 is 1.88 bits per heavy atom. The van der Waals surface area contributed by atoms with Crippen LogP contribution in [0.4, 0.5) is 5.82 Å². The zero-order chi connectivity index (χ0) is 18.0. The third-order valence-corrected chi connectivity index (χ3v) is 5.26. The maximum atomic E-state index is 12.2. The van der Waals surface area contributed by atoms with E-state index in [1.165, 1.54) is 4.68 Å². The quantitative estimate of drug-likeness (QED) is 0.395. The first-order chi connectivity index (χ1) is 11.4. The maximum Gasteiger partial charge on any atom is 0.330 e. The van der Waals surface area contributed by atoms with Crippen molar-refractivity contribution in [3.05, 3.63) is 5.69 Å². The minimum Gasteiger partial charge on any atom is -0.382 e. The van der Waals surface area contributed by atoms with Crippen LogP contribution in [0.2, 0.25) is 0 Å². The van der Waals surface area contributed by atoms with Crippen molar-refractivity contribution in [1.82, 2.24) is 15.0 Å². The van der Waals surface area contributed by atoms with E-state index in [-0.39, 0.29) is 18.2 Å². The summed E-state index contributed by atoms with van der Waals surface area (Å²) in [4.78, 5) is 11.0. The van der Waals surface area contributed by atoms with Crippen LogP contribution in [0.5, 0.6) is 0 Å². The van der Waals surface area contributed by atoms with Gasteiger partial charge in [0.1, 0.15) is 6.73 Å². The molecule has 1 aromatic heterocycles. The second-order valence-electron chi connectivity index (χ2n) is 4.96. The van der Waals surface area contributed by atoms with Crippen molar-refractivity contribution in [1.29, 1.82) is 0 Å². The molecule has 0 unspecified atom stereocenters. The number of primary amides is 1. The highest BCUT2D eigenvalue weighted by Gasteiger charge is 2.22. The fraction of sp³-hybridized carbons (Fsp3) is 0.769. The van der Waals surface area contributed by atoms with Crippen molar-refractivity contribution >= 4 is 19.3 Å². The standard InChI is InChI=1S/C13H26N5O5P/c1-3-22-24(20,23-4-2)9-7-5-6-8-21-10-18-12(14)11(13(15)19)16-17-18/h3-10,14H2,1-2H3,(H2,15,19). The van der Waals surface area contributed by atoms with Crippen LogP contribution in [0, 0.1) is 0 Å². The van der Waals surface area contributed by atoms with Gasteiger partial charge in [-0.1, -0.05) is 11.6 Å². The largest absolute Gasteiger partial charge is 0.382 e. The molecule has 0 bridgehead atoms. The third kappa shape index (κ3) is 6.56. The molecule has 1 aromatic rings. The predicted octanol–water partition coefficient (Wildman–Crippen LogP) is 1.37. The molecule has 24 heavy (non-hydrogen) atoms. The van der Waals surface area contributed by atoms with Gasteiger partial charge in [0.25, 0.3) is 5.91 Å². The van der Waals surface area contributed by atoms with Gasteiger partial charge in [0.2, 0.25) is 0 Å². The summed E-state index contributed by atoms with van der Waals surface area (Å²) >= 11 is 0. The second-order valence-corrected chi connectivity index (χ2v) is 7.14. The zero-order valence-electron chi connectivity index (χ0n) is 14.1. The van der Waals surface area contributed by atoms with Gasteiger partial charge in [-0.05, 0) is 26.7 Å². The number of amides is 1. The summed E-state index contributed by atoms with van der Waals surface area (Å²) in [6.07, 6.45) is 2.71. The molecule has 0 spiro atoms. The SMILES string of the molecule is CCOP(=O)(CCCCCOCn1nnc(C(N)=O)c1N)OCC. The Hall–Kier alpha value is -1.48. The van der Waals surface area contributed by atoms with Crippen molar-refractivity contribution in [3.8, 4) is 0 Å². The van der Waals surface area contributed by atoms with Crippen molar-refractivity contribution in [2.24, 2.45) is 5.73 Å². The Labute approximate surface area is 141 Å². The Morgan fingerprint density at radius 1 is 1.21 bits per heavy atom. The lowest BCUT2D eigenvalue weighted by Crippen LogP contribution is -2.15. The number of anilines is 1. The van der Waals surface area contributed by atoms with E-state index >= 15 is 0 Å². The molecule has 138 valence electrons. The van der Waals surface area contributed by atoms with E-state index in [2.05, 4.69) is 10.3 Å². The lowest BCUT2D eigenvalue weighted by Gasteiger charge is -2.16. The van der Waals surface area contributed by atoms with E-state index in [9.17, 15) is 9.36 Å². The summed E-state index contributed by atoms with van der Waals surface area (Å²) in [6, 6.07) is 0. The van der Waals surface area contributed by atoms with Crippen LogP contribution in [0.3, 0.4) is 0 Å². The number of carbonyl (C=O) groups excluding carboxylic acids is 1. The number of hydrogen-bond donors (Lipinski definition) is 2. The molecule has 0 saturated heterocycles. The van der Waals surface area contributed by atoms with Crippen LogP contribution in [0.15, 0.2) is 0 Å². The fourth-order valence-corrected chi connectivity index (χ4v) is 3.72. The van der Waals surface area contributed by atoms with Crippen molar-refractivity contribution in [2.75, 3.05) is 31.7 Å². The average molecular weight is 363 g/mol. The molecule has 0 saturated carbocycles. The van der Waals surface area contributed by atoms with E-state index in [0.29, 0.717) is 26.0 Å². The first kappa shape index (κ1) is 20.6. The highest BCUT2D eigenvalue weighted by molar-refractivity contribution is 7.53. The summed E-state index contributed by atoms with van der Waals surface area (Å²) in [5.74, 6) is -0.649. The Bertz CT molecular complexity index is 555. The Balaban J connectivity index is 2.20. The second kappa shape index (κ2) is 10.4. The summed E-state index contributed by atoms with van der Waals surface area (Å²) in [5.41, 5.74) is 10.7. The summed E-state index contributed by atoms with van der Waals surface area (Å²) in [6.45, 7) is 4.87. The molecule has 0 aliphatic rings. The molecule has 0 aliphatic heterocycles. The molecule has 0 fully saturated rings. The van der Waals surface area contributed by atoms with Gasteiger partial charge in [-0.25, -0.2) is 4.68 Å². The highest BCUT2D eigenvalue weighted by atomic mass is 31.2. The first-order valence-corrected chi connectivity index (χ1v) is 9.61. The minimum absolute atomic E-state index is 0.0683. The monoisotopic (exact) mass is 363 g/mol. The number of nitrogens with two attached hydrogens (primary N) is 2. The van der Waals surface area contributed by atoms with Crippen LogP contribution in [-0.4, -0.2) is 46.9 Å². The van der Waals surface area contributed by atoms with Gasteiger partial charge in [0, 0.05) is 6.61 Å². The number of rotatable bonds is 13. The van der Waals surface area contributed by atoms with E-state index in [1.807, 2.05) is 0 Å². The summed E-state index contributed by atoms with van der Waals surface area (Å²) in [5, 5.41) is 7.27. The first-order valence-electron chi connectivity index (χ1n) is 7.88. The predicted molar refractivity (Wildman–Crippen MR) is 88.5 cm³/mol. The van der Waals surface area contributed by atoms with Crippen LogP contribution in [0.25, 0.3) is 0 Å². The van der Waals surface area contributed by atoms with Crippen LogP contribution >= 0.6 is 7.60 Å². The van der Waals surface area contributed by atoms with E-state index in [1.54, 1.807) is 13.8 Å². The summed E-state index contributed by atoms with van der Waals surface area (Å²) in [7, 11) is -2.96. The van der Waals surface area contributed by atoms with Gasteiger partial charge in [-0.3, -0.25) is 9.36 Å². The van der Waals surface area contributed by atoms with Gasteiger partial charge >= 0.3 is 7.60 Å². The third-order valence-electron chi connectivity index (χ3n) is 3.09. The van der Waals surface area contributed by atoms with Crippen molar-refractivity contribution < 1.29 is 23.1 Å². The molecular formula is C13H26N5O5P. The Kier molecular flexibility index (Phi) is 8.91. The summed E-state index contributed by atoms with van der Waals surface area (Å²) < 4.78 is 29.4. The van der Waals surface area contributed by atoms with Crippen LogP contribution < -0.4 is 11.5 Å². The number of ether oxygens (including phenoxy) is 1. The van der Waals surface area contributed by atoms with Crippen molar-refractivity contribution in [2.45, 2.75) is 39.8 Å². The minimum atomic E-state index is -2.96. The molecule has 1 amide bonds. The molecule has 1 heterocycles. The smallest absolute Gasteiger partial charge is 0.330 e. The number of nitrogen functional groups attached to an aromatic ring is 1. The lowest BCUT2D eigenvalue weighted by molar-refractivity contribution is 0.0663. The lowest BCUT2D eigenvalue weighted by atomic mass is 10.3. The number of unbranched alkanes of at least 4 members (excludes halogenated alkanes) is 2. The van der Waals surface area contributed by atoms with Crippen LogP contribution in [0.1, 0.15) is 43.6 Å². The molecule has 10 nitrogen and oxygen atoms in total. The molecule has 0 atom stereocenters. The molecule has 1 rings (SSSR count). The van der Waals surface area contributed by atoms with E-state index in [0.717, 1.165) is 19.3 Å². The number of carbonyl (C=O) groups is 1. The van der Waals surface area contributed by atoms with Gasteiger partial charge in [-0.2, -0.15) is 0 Å². The van der Waals surface area contributed by atoms with Gasteiger partial charge in [0.15, 0.2) is 11.5 Å². The van der Waals surface area contributed by atoms with Gasteiger partial charge < -0.3 is 25.3 Å². The normalized spacial score (nSPS) is 11.8. The van der Waals surface area contributed by atoms with E-state index in [4.69, 9.17) is 25.3 Å². The molecule has 4 N–H and O–H groups in total. The number of hydrogen-bond acceptors (Lipinski definition) is 8. The van der Waals surface area contributed by atoms with Crippen molar-refractivity contribution in [3.63, 3.8) is 0 Å². The Morgan fingerprint density at radius 3 is 2.42 bits per heavy atom.